The summed E-state index contributed by atoms with van der Waals surface area (Å²) in [4.78, 5) is 0. The number of rotatable bonds is 4. The Balaban J connectivity index is 1.62. The van der Waals surface area contributed by atoms with Gasteiger partial charge in [-0.05, 0) is 19.8 Å². The van der Waals surface area contributed by atoms with E-state index in [1.54, 1.807) is 0 Å². The predicted octanol–water partition coefficient (Wildman–Crippen LogP) is 2.65. The van der Waals surface area contributed by atoms with Crippen LogP contribution in [0.15, 0.2) is 18.6 Å². The average Bonchev–Trinajstić information content (AvgIpc) is 3.07. The Bertz CT molecular complexity index is 548. The summed E-state index contributed by atoms with van der Waals surface area (Å²) in [5.74, 6) is 0. The van der Waals surface area contributed by atoms with Gasteiger partial charge in [-0.15, -0.1) is 0 Å². The summed E-state index contributed by atoms with van der Waals surface area (Å²) in [7, 11) is 1.94. The zero-order chi connectivity index (χ0) is 13.2. The van der Waals surface area contributed by atoms with Crippen molar-refractivity contribution in [1.29, 1.82) is 0 Å². The van der Waals surface area contributed by atoms with Crippen LogP contribution in [0.2, 0.25) is 0 Å². The maximum absolute atomic E-state index is 4.49. The molecular formula is C14H21N5. The largest absolute Gasteiger partial charge is 0.378 e. The highest BCUT2D eigenvalue weighted by Gasteiger charge is 2.17. The first kappa shape index (κ1) is 12.3. The van der Waals surface area contributed by atoms with Crippen LogP contribution in [0.4, 0.5) is 5.69 Å². The van der Waals surface area contributed by atoms with Gasteiger partial charge in [-0.2, -0.15) is 10.2 Å². The third-order valence-electron chi connectivity index (χ3n) is 3.85. The lowest BCUT2D eigenvalue weighted by molar-refractivity contribution is 0.466. The molecule has 1 fully saturated rings. The lowest BCUT2D eigenvalue weighted by Crippen LogP contribution is -2.04. The summed E-state index contributed by atoms with van der Waals surface area (Å²) in [6.45, 7) is 2.82. The standard InChI is InChI=1S/C14H21N5/c1-11-14(10-18(2)17-11)15-7-12-8-16-19(9-12)13-5-3-4-6-13/h8-10,13,15H,3-7H2,1-2H3. The van der Waals surface area contributed by atoms with Crippen molar-refractivity contribution in [3.8, 4) is 0 Å². The average molecular weight is 259 g/mol. The quantitative estimate of drug-likeness (QED) is 0.918. The smallest absolute Gasteiger partial charge is 0.0825 e. The van der Waals surface area contributed by atoms with Gasteiger partial charge in [0.25, 0.3) is 0 Å². The number of aryl methyl sites for hydroxylation is 2. The van der Waals surface area contributed by atoms with Crippen LogP contribution in [0.3, 0.4) is 0 Å². The minimum Gasteiger partial charge on any atom is -0.378 e. The monoisotopic (exact) mass is 259 g/mol. The van der Waals surface area contributed by atoms with E-state index in [1.807, 2.05) is 31.0 Å². The molecule has 0 spiro atoms. The van der Waals surface area contributed by atoms with Crippen LogP contribution < -0.4 is 5.32 Å². The van der Waals surface area contributed by atoms with Crippen LogP contribution in [-0.2, 0) is 13.6 Å². The molecule has 102 valence electrons. The molecule has 3 rings (SSSR count). The van der Waals surface area contributed by atoms with Gasteiger partial charge in [0.05, 0.1) is 23.6 Å². The third kappa shape index (κ3) is 2.64. The zero-order valence-electron chi connectivity index (χ0n) is 11.6. The van der Waals surface area contributed by atoms with E-state index in [9.17, 15) is 0 Å². The first-order valence-electron chi connectivity index (χ1n) is 6.99. The number of anilines is 1. The molecular weight excluding hydrogens is 238 g/mol. The molecule has 0 aliphatic heterocycles. The molecule has 0 amide bonds. The van der Waals surface area contributed by atoms with E-state index >= 15 is 0 Å². The lowest BCUT2D eigenvalue weighted by atomic mass is 10.2. The Morgan fingerprint density at radius 3 is 2.79 bits per heavy atom. The van der Waals surface area contributed by atoms with Crippen LogP contribution in [0.25, 0.3) is 0 Å². The lowest BCUT2D eigenvalue weighted by Gasteiger charge is -2.08. The fourth-order valence-corrected chi connectivity index (χ4v) is 2.81. The van der Waals surface area contributed by atoms with Crippen molar-refractivity contribution >= 4 is 5.69 Å². The van der Waals surface area contributed by atoms with Crippen LogP contribution >= 0.6 is 0 Å². The Kier molecular flexibility index (Phi) is 3.27. The maximum Gasteiger partial charge on any atom is 0.0825 e. The van der Waals surface area contributed by atoms with Gasteiger partial charge in [0, 0.05) is 31.5 Å². The van der Waals surface area contributed by atoms with E-state index in [0.29, 0.717) is 6.04 Å². The molecule has 2 heterocycles. The van der Waals surface area contributed by atoms with Gasteiger partial charge in [-0.1, -0.05) is 12.8 Å². The Labute approximate surface area is 113 Å². The van der Waals surface area contributed by atoms with Crippen LogP contribution in [0.5, 0.6) is 0 Å². The molecule has 0 saturated heterocycles. The minimum atomic E-state index is 0.619. The molecule has 2 aromatic rings. The fraction of sp³-hybridized carbons (Fsp3) is 0.571. The molecule has 0 atom stereocenters. The highest BCUT2D eigenvalue weighted by molar-refractivity contribution is 5.45. The van der Waals surface area contributed by atoms with E-state index in [2.05, 4.69) is 26.4 Å². The SMILES string of the molecule is Cc1nn(C)cc1NCc1cnn(C2CCCC2)c1. The summed E-state index contributed by atoms with van der Waals surface area (Å²) in [6.07, 6.45) is 11.4. The maximum atomic E-state index is 4.49. The van der Waals surface area contributed by atoms with Gasteiger partial charge in [0.1, 0.15) is 0 Å². The van der Waals surface area contributed by atoms with Gasteiger partial charge in [-0.25, -0.2) is 0 Å². The van der Waals surface area contributed by atoms with Gasteiger partial charge in [0.15, 0.2) is 0 Å². The van der Waals surface area contributed by atoms with Crippen molar-refractivity contribution in [1.82, 2.24) is 19.6 Å². The molecule has 5 heteroatoms. The molecule has 1 aliphatic rings. The molecule has 2 aromatic heterocycles. The summed E-state index contributed by atoms with van der Waals surface area (Å²) in [5.41, 5.74) is 3.36. The topological polar surface area (TPSA) is 47.7 Å². The Morgan fingerprint density at radius 1 is 1.32 bits per heavy atom. The minimum absolute atomic E-state index is 0.619. The zero-order valence-corrected chi connectivity index (χ0v) is 11.6. The van der Waals surface area contributed by atoms with Gasteiger partial charge in [-0.3, -0.25) is 9.36 Å². The second-order valence-electron chi connectivity index (χ2n) is 5.42. The molecule has 0 aromatic carbocycles. The van der Waals surface area contributed by atoms with E-state index in [-0.39, 0.29) is 0 Å². The third-order valence-corrected chi connectivity index (χ3v) is 3.85. The van der Waals surface area contributed by atoms with Crippen molar-refractivity contribution in [2.75, 3.05) is 5.32 Å². The predicted molar refractivity (Wildman–Crippen MR) is 75.0 cm³/mol. The van der Waals surface area contributed by atoms with Gasteiger partial charge >= 0.3 is 0 Å². The Morgan fingerprint density at radius 2 is 2.11 bits per heavy atom. The number of nitrogens with zero attached hydrogens (tertiary/aromatic N) is 4. The second-order valence-corrected chi connectivity index (χ2v) is 5.42. The highest BCUT2D eigenvalue weighted by atomic mass is 15.3. The Hall–Kier alpha value is -1.78. The van der Waals surface area contributed by atoms with E-state index in [1.165, 1.54) is 31.2 Å². The number of aromatic nitrogens is 4. The van der Waals surface area contributed by atoms with E-state index in [4.69, 9.17) is 0 Å². The van der Waals surface area contributed by atoms with Crippen molar-refractivity contribution in [2.45, 2.75) is 45.2 Å². The van der Waals surface area contributed by atoms with Crippen molar-refractivity contribution < 1.29 is 0 Å². The second kappa shape index (κ2) is 5.07. The van der Waals surface area contributed by atoms with Crippen molar-refractivity contribution in [2.24, 2.45) is 7.05 Å². The molecule has 19 heavy (non-hydrogen) atoms. The van der Waals surface area contributed by atoms with Crippen LogP contribution in [0.1, 0.15) is 43.0 Å². The molecule has 0 unspecified atom stereocenters. The van der Waals surface area contributed by atoms with Gasteiger partial charge < -0.3 is 5.32 Å². The molecule has 5 nitrogen and oxygen atoms in total. The summed E-state index contributed by atoms with van der Waals surface area (Å²) >= 11 is 0. The number of nitrogens with one attached hydrogen (secondary N) is 1. The number of hydrogen-bond donors (Lipinski definition) is 1. The normalized spacial score (nSPS) is 16.1. The first-order chi connectivity index (χ1) is 9.22. The summed E-state index contributed by atoms with van der Waals surface area (Å²) < 4.78 is 3.97. The van der Waals surface area contributed by atoms with Gasteiger partial charge in [0.2, 0.25) is 0 Å². The molecule has 1 aliphatic carbocycles. The number of hydrogen-bond acceptors (Lipinski definition) is 3. The fourth-order valence-electron chi connectivity index (χ4n) is 2.81. The summed E-state index contributed by atoms with van der Waals surface area (Å²) in [5, 5.41) is 12.2. The summed E-state index contributed by atoms with van der Waals surface area (Å²) in [6, 6.07) is 0.619. The highest BCUT2D eigenvalue weighted by Crippen LogP contribution is 2.28. The van der Waals surface area contributed by atoms with E-state index in [0.717, 1.165) is 17.9 Å². The van der Waals surface area contributed by atoms with Crippen molar-refractivity contribution in [3.05, 3.63) is 29.8 Å². The van der Waals surface area contributed by atoms with E-state index < -0.39 is 0 Å². The molecule has 1 N–H and O–H groups in total. The van der Waals surface area contributed by atoms with Crippen molar-refractivity contribution in [3.63, 3.8) is 0 Å². The molecule has 0 bridgehead atoms. The van der Waals surface area contributed by atoms with Crippen LogP contribution in [0, 0.1) is 6.92 Å². The first-order valence-corrected chi connectivity index (χ1v) is 6.99. The molecule has 0 radical (unpaired) electrons. The molecule has 1 saturated carbocycles. The van der Waals surface area contributed by atoms with Crippen LogP contribution in [-0.4, -0.2) is 19.6 Å².